The average molecular weight is 274 g/mol. The third-order valence-electron chi connectivity index (χ3n) is 3.35. The van der Waals surface area contributed by atoms with Crippen molar-refractivity contribution in [3.63, 3.8) is 0 Å². The lowest BCUT2D eigenvalue weighted by Crippen LogP contribution is -2.03. The molecule has 1 nitrogen and oxygen atoms in total. The molecule has 0 radical (unpaired) electrons. The largest absolute Gasteiger partial charge is 0.379 e. The Morgan fingerprint density at radius 1 is 1.05 bits per heavy atom. The molecule has 20 heavy (non-hydrogen) atoms. The van der Waals surface area contributed by atoms with Gasteiger partial charge in [-0.3, -0.25) is 0 Å². The van der Waals surface area contributed by atoms with Gasteiger partial charge in [-0.15, -0.1) is 0 Å². The molecule has 1 aromatic carbocycles. The van der Waals surface area contributed by atoms with Gasteiger partial charge in [-0.05, 0) is 50.2 Å². The Hall–Kier alpha value is -1.08. The Bertz CT molecular complexity index is 391. The second-order valence-corrected chi connectivity index (χ2v) is 6.00. The highest BCUT2D eigenvalue weighted by molar-refractivity contribution is 5.50. The number of rotatable bonds is 9. The summed E-state index contributed by atoms with van der Waals surface area (Å²) in [5, 5.41) is 0. The zero-order chi connectivity index (χ0) is 14.8. The van der Waals surface area contributed by atoms with Crippen LogP contribution < -0.4 is 0 Å². The first kappa shape index (κ1) is 17.0. The van der Waals surface area contributed by atoms with Crippen molar-refractivity contribution in [1.82, 2.24) is 0 Å². The maximum atomic E-state index is 5.54. The first-order valence-corrected chi connectivity index (χ1v) is 7.97. The van der Waals surface area contributed by atoms with Crippen molar-refractivity contribution < 1.29 is 4.74 Å². The molecule has 0 spiro atoms. The van der Waals surface area contributed by atoms with E-state index in [1.165, 1.54) is 30.4 Å². The second kappa shape index (κ2) is 9.77. The minimum Gasteiger partial charge on any atom is -0.379 e. The molecule has 0 heterocycles. The van der Waals surface area contributed by atoms with E-state index in [4.69, 9.17) is 4.74 Å². The van der Waals surface area contributed by atoms with Gasteiger partial charge in [0.25, 0.3) is 0 Å². The Kier molecular flexibility index (Phi) is 8.29. The molecule has 0 aliphatic rings. The smallest absolute Gasteiger partial charge is 0.0518 e. The topological polar surface area (TPSA) is 9.23 Å². The van der Waals surface area contributed by atoms with Gasteiger partial charge in [-0.25, -0.2) is 0 Å². The molecular formula is C19H30O. The molecule has 0 fully saturated rings. The van der Waals surface area contributed by atoms with Gasteiger partial charge in [-0.2, -0.15) is 0 Å². The van der Waals surface area contributed by atoms with Crippen LogP contribution in [0.1, 0.15) is 70.4 Å². The molecule has 112 valence electrons. The minimum atomic E-state index is 0.364. The molecule has 1 aromatic rings. The molecular weight excluding hydrogens is 244 g/mol. The Labute approximate surface area is 125 Å². The maximum absolute atomic E-state index is 5.54. The number of benzene rings is 1. The van der Waals surface area contributed by atoms with Crippen molar-refractivity contribution in [3.05, 3.63) is 41.5 Å². The molecule has 0 saturated carbocycles. The third kappa shape index (κ3) is 7.49. The average Bonchev–Trinajstić information content (AvgIpc) is 2.41. The summed E-state index contributed by atoms with van der Waals surface area (Å²) in [7, 11) is 0. The summed E-state index contributed by atoms with van der Waals surface area (Å²) >= 11 is 0. The predicted octanol–water partition coefficient (Wildman–Crippen LogP) is 5.81. The summed E-state index contributed by atoms with van der Waals surface area (Å²) in [6, 6.07) is 8.82. The van der Waals surface area contributed by atoms with E-state index < -0.39 is 0 Å². The number of hydrogen-bond acceptors (Lipinski definition) is 1. The zero-order valence-electron chi connectivity index (χ0n) is 13.6. The van der Waals surface area contributed by atoms with Crippen molar-refractivity contribution in [2.24, 2.45) is 0 Å². The van der Waals surface area contributed by atoms with Crippen molar-refractivity contribution in [1.29, 1.82) is 0 Å². The minimum absolute atomic E-state index is 0.364. The van der Waals surface area contributed by atoms with Gasteiger partial charge in [0.2, 0.25) is 0 Å². The van der Waals surface area contributed by atoms with Gasteiger partial charge >= 0.3 is 0 Å². The van der Waals surface area contributed by atoms with Crippen LogP contribution in [0.15, 0.2) is 30.3 Å². The summed E-state index contributed by atoms with van der Waals surface area (Å²) in [5.74, 6) is 0.601. The number of allylic oxidation sites excluding steroid dienone is 1. The van der Waals surface area contributed by atoms with E-state index in [2.05, 4.69) is 64.1 Å². The Morgan fingerprint density at radius 2 is 1.85 bits per heavy atom. The lowest BCUT2D eigenvalue weighted by atomic mass is 10.0. The normalized spacial score (nSPS) is 11.9. The highest BCUT2D eigenvalue weighted by Crippen LogP contribution is 2.16. The maximum Gasteiger partial charge on any atom is 0.0518 e. The molecule has 0 aliphatic carbocycles. The van der Waals surface area contributed by atoms with E-state index in [1.54, 1.807) is 0 Å². The van der Waals surface area contributed by atoms with E-state index in [0.29, 0.717) is 12.0 Å². The van der Waals surface area contributed by atoms with Crippen LogP contribution in [-0.4, -0.2) is 12.7 Å². The molecule has 0 amide bonds. The Morgan fingerprint density at radius 3 is 2.55 bits per heavy atom. The molecule has 0 aromatic heterocycles. The third-order valence-corrected chi connectivity index (χ3v) is 3.35. The van der Waals surface area contributed by atoms with E-state index in [1.807, 2.05) is 0 Å². The molecule has 0 unspecified atom stereocenters. The number of unbranched alkanes of at least 4 members (excludes halogenated alkanes) is 3. The molecule has 1 heteroatoms. The predicted molar refractivity (Wildman–Crippen MR) is 89.1 cm³/mol. The van der Waals surface area contributed by atoms with E-state index in [9.17, 15) is 0 Å². The summed E-state index contributed by atoms with van der Waals surface area (Å²) < 4.78 is 5.54. The second-order valence-electron chi connectivity index (χ2n) is 6.00. The Balaban J connectivity index is 2.20. The van der Waals surface area contributed by atoms with Crippen LogP contribution in [0.2, 0.25) is 0 Å². The zero-order valence-corrected chi connectivity index (χ0v) is 13.6. The fourth-order valence-corrected chi connectivity index (χ4v) is 2.10. The van der Waals surface area contributed by atoms with Gasteiger partial charge in [-0.1, -0.05) is 56.7 Å². The SMILES string of the molecule is CC(C)OCCCCC/C=C/c1cccc(C(C)C)c1. The lowest BCUT2D eigenvalue weighted by molar-refractivity contribution is 0.0758. The van der Waals surface area contributed by atoms with Crippen molar-refractivity contribution >= 4 is 6.08 Å². The summed E-state index contributed by atoms with van der Waals surface area (Å²) in [5.41, 5.74) is 2.73. The van der Waals surface area contributed by atoms with Gasteiger partial charge in [0, 0.05) is 6.61 Å². The van der Waals surface area contributed by atoms with Crippen molar-refractivity contribution in [3.8, 4) is 0 Å². The lowest BCUT2D eigenvalue weighted by Gasteiger charge is -2.06. The van der Waals surface area contributed by atoms with Crippen LogP contribution in [-0.2, 0) is 4.74 Å². The quantitative estimate of drug-likeness (QED) is 0.516. The highest BCUT2D eigenvalue weighted by Gasteiger charge is 1.98. The summed E-state index contributed by atoms with van der Waals surface area (Å²) in [6.45, 7) is 9.56. The van der Waals surface area contributed by atoms with Crippen LogP contribution in [0.3, 0.4) is 0 Å². The fraction of sp³-hybridized carbons (Fsp3) is 0.579. The van der Waals surface area contributed by atoms with Crippen LogP contribution in [0, 0.1) is 0 Å². The molecule has 0 atom stereocenters. The van der Waals surface area contributed by atoms with E-state index in [0.717, 1.165) is 13.0 Å². The van der Waals surface area contributed by atoms with Crippen molar-refractivity contribution in [2.45, 2.75) is 65.4 Å². The standard InChI is InChI=1S/C19H30O/c1-16(2)19-13-10-12-18(15-19)11-8-6-5-7-9-14-20-17(3)4/h8,10-13,15-17H,5-7,9,14H2,1-4H3/b11-8+. The van der Waals surface area contributed by atoms with Crippen molar-refractivity contribution in [2.75, 3.05) is 6.61 Å². The monoisotopic (exact) mass is 274 g/mol. The molecule has 0 aliphatic heterocycles. The van der Waals surface area contributed by atoms with Crippen LogP contribution >= 0.6 is 0 Å². The van der Waals surface area contributed by atoms with Gasteiger partial charge in [0.15, 0.2) is 0 Å². The molecule has 0 bridgehead atoms. The van der Waals surface area contributed by atoms with Crippen LogP contribution in [0.4, 0.5) is 0 Å². The van der Waals surface area contributed by atoms with Gasteiger partial charge < -0.3 is 4.74 Å². The number of hydrogen-bond donors (Lipinski definition) is 0. The van der Waals surface area contributed by atoms with Crippen LogP contribution in [0.25, 0.3) is 6.08 Å². The molecule has 0 N–H and O–H groups in total. The van der Waals surface area contributed by atoms with E-state index >= 15 is 0 Å². The van der Waals surface area contributed by atoms with Gasteiger partial charge in [0.1, 0.15) is 0 Å². The summed E-state index contributed by atoms with van der Waals surface area (Å²) in [4.78, 5) is 0. The first-order valence-electron chi connectivity index (χ1n) is 7.97. The van der Waals surface area contributed by atoms with Gasteiger partial charge in [0.05, 0.1) is 6.10 Å². The highest BCUT2D eigenvalue weighted by atomic mass is 16.5. The first-order chi connectivity index (χ1) is 9.59. The molecule has 0 saturated heterocycles. The van der Waals surface area contributed by atoms with E-state index in [-0.39, 0.29) is 0 Å². The van der Waals surface area contributed by atoms with Crippen LogP contribution in [0.5, 0.6) is 0 Å². The fourth-order valence-electron chi connectivity index (χ4n) is 2.10. The summed E-state index contributed by atoms with van der Waals surface area (Å²) in [6.07, 6.45) is 9.75. The molecule has 1 rings (SSSR count). The number of ether oxygens (including phenoxy) is 1.